The summed E-state index contributed by atoms with van der Waals surface area (Å²) in [6, 6.07) is 6.76. The minimum absolute atomic E-state index is 0.126. The Bertz CT molecular complexity index is 664. The minimum atomic E-state index is -0.636. The molecule has 0 unspecified atom stereocenters. The lowest BCUT2D eigenvalue weighted by molar-refractivity contribution is 0.0995. The Labute approximate surface area is 129 Å². The standard InChI is InChI=1S/C13H11BrClN3O2/c1-2-20-10-6-4-7(11(18-10)13(16)19)8-3-5-9(15)17-12(8)14/h3-6H,2H2,1H3,(H2,16,19). The Kier molecular flexibility index (Phi) is 4.57. The molecule has 0 aliphatic carbocycles. The average molecular weight is 357 g/mol. The molecular formula is C13H11BrClN3O2. The number of halogens is 2. The zero-order valence-electron chi connectivity index (χ0n) is 10.6. The fourth-order valence-electron chi connectivity index (χ4n) is 1.69. The molecular weight excluding hydrogens is 346 g/mol. The molecule has 2 N–H and O–H groups in total. The van der Waals surface area contributed by atoms with E-state index in [0.717, 1.165) is 0 Å². The van der Waals surface area contributed by atoms with Crippen molar-refractivity contribution in [3.63, 3.8) is 0 Å². The molecule has 0 radical (unpaired) electrons. The Balaban J connectivity index is 2.58. The zero-order chi connectivity index (χ0) is 14.7. The maximum absolute atomic E-state index is 11.6. The van der Waals surface area contributed by atoms with Crippen molar-refractivity contribution < 1.29 is 9.53 Å². The number of nitrogens with two attached hydrogens (primary N) is 1. The van der Waals surface area contributed by atoms with E-state index in [1.165, 1.54) is 0 Å². The molecule has 7 heteroatoms. The van der Waals surface area contributed by atoms with Crippen LogP contribution in [-0.4, -0.2) is 22.5 Å². The van der Waals surface area contributed by atoms with Gasteiger partial charge in [0.2, 0.25) is 5.88 Å². The summed E-state index contributed by atoms with van der Waals surface area (Å²) in [7, 11) is 0. The van der Waals surface area contributed by atoms with Crippen molar-refractivity contribution >= 4 is 33.4 Å². The Morgan fingerprint density at radius 1 is 1.30 bits per heavy atom. The van der Waals surface area contributed by atoms with Gasteiger partial charge in [-0.3, -0.25) is 4.79 Å². The number of carbonyl (C=O) groups is 1. The number of carbonyl (C=O) groups excluding carboxylic acids is 1. The number of rotatable bonds is 4. The van der Waals surface area contributed by atoms with E-state index in [0.29, 0.717) is 33.4 Å². The van der Waals surface area contributed by atoms with Crippen molar-refractivity contribution in [3.8, 4) is 17.0 Å². The largest absolute Gasteiger partial charge is 0.478 e. The molecule has 0 atom stereocenters. The van der Waals surface area contributed by atoms with Crippen LogP contribution in [0.3, 0.4) is 0 Å². The molecule has 2 heterocycles. The first-order valence-electron chi connectivity index (χ1n) is 5.79. The van der Waals surface area contributed by atoms with Crippen molar-refractivity contribution in [1.82, 2.24) is 9.97 Å². The van der Waals surface area contributed by atoms with Crippen molar-refractivity contribution in [2.75, 3.05) is 6.61 Å². The highest BCUT2D eigenvalue weighted by atomic mass is 79.9. The van der Waals surface area contributed by atoms with Crippen LogP contribution in [0, 0.1) is 0 Å². The lowest BCUT2D eigenvalue weighted by Crippen LogP contribution is -2.15. The van der Waals surface area contributed by atoms with Crippen LogP contribution < -0.4 is 10.5 Å². The second kappa shape index (κ2) is 6.19. The van der Waals surface area contributed by atoms with Gasteiger partial charge in [0.25, 0.3) is 5.91 Å². The number of hydrogen-bond acceptors (Lipinski definition) is 4. The number of pyridine rings is 2. The van der Waals surface area contributed by atoms with E-state index in [2.05, 4.69) is 25.9 Å². The molecule has 20 heavy (non-hydrogen) atoms. The van der Waals surface area contributed by atoms with Gasteiger partial charge in [0.1, 0.15) is 15.5 Å². The van der Waals surface area contributed by atoms with Crippen molar-refractivity contribution in [2.24, 2.45) is 5.73 Å². The summed E-state index contributed by atoms with van der Waals surface area (Å²) in [5.74, 6) is -0.286. The van der Waals surface area contributed by atoms with Crippen LogP contribution >= 0.6 is 27.5 Å². The Morgan fingerprint density at radius 3 is 2.60 bits per heavy atom. The number of aromatic nitrogens is 2. The van der Waals surface area contributed by atoms with E-state index >= 15 is 0 Å². The molecule has 1 amide bonds. The second-order valence-corrected chi connectivity index (χ2v) is 4.95. The normalized spacial score (nSPS) is 10.3. The van der Waals surface area contributed by atoms with Gasteiger partial charge in [-0.1, -0.05) is 11.6 Å². The molecule has 0 aromatic carbocycles. The molecule has 2 aromatic heterocycles. The SMILES string of the molecule is CCOc1ccc(-c2ccc(Cl)nc2Br)c(C(N)=O)n1. The number of amides is 1. The van der Waals surface area contributed by atoms with Gasteiger partial charge in [0, 0.05) is 17.2 Å². The van der Waals surface area contributed by atoms with E-state index in [9.17, 15) is 4.79 Å². The summed E-state index contributed by atoms with van der Waals surface area (Å²) in [6.07, 6.45) is 0. The van der Waals surface area contributed by atoms with Crippen LogP contribution in [0.5, 0.6) is 5.88 Å². The molecule has 0 saturated heterocycles. The minimum Gasteiger partial charge on any atom is -0.478 e. The van der Waals surface area contributed by atoms with Crippen molar-refractivity contribution in [1.29, 1.82) is 0 Å². The van der Waals surface area contributed by atoms with Crippen LogP contribution in [0.1, 0.15) is 17.4 Å². The molecule has 0 aliphatic heterocycles. The van der Waals surface area contributed by atoms with Gasteiger partial charge in [0.05, 0.1) is 6.61 Å². The maximum atomic E-state index is 11.6. The number of primary amides is 1. The molecule has 2 aromatic rings. The summed E-state index contributed by atoms with van der Waals surface area (Å²) in [5.41, 5.74) is 6.75. The molecule has 0 bridgehead atoms. The monoisotopic (exact) mass is 355 g/mol. The van der Waals surface area contributed by atoms with Gasteiger partial charge in [-0.15, -0.1) is 0 Å². The van der Waals surface area contributed by atoms with E-state index in [-0.39, 0.29) is 5.69 Å². The third-order valence-corrected chi connectivity index (χ3v) is 3.32. The van der Waals surface area contributed by atoms with Crippen LogP contribution in [0.15, 0.2) is 28.9 Å². The molecule has 0 saturated carbocycles. The third-order valence-electron chi connectivity index (χ3n) is 2.50. The van der Waals surface area contributed by atoms with Gasteiger partial charge in [-0.05, 0) is 41.1 Å². The molecule has 0 aliphatic rings. The molecule has 0 fully saturated rings. The van der Waals surface area contributed by atoms with Crippen molar-refractivity contribution in [2.45, 2.75) is 6.92 Å². The van der Waals surface area contributed by atoms with E-state index < -0.39 is 5.91 Å². The lowest BCUT2D eigenvalue weighted by Gasteiger charge is -2.10. The first-order valence-corrected chi connectivity index (χ1v) is 6.96. The predicted octanol–water partition coefficient (Wildman–Crippen LogP) is 3.06. The van der Waals surface area contributed by atoms with Gasteiger partial charge in [-0.25, -0.2) is 9.97 Å². The number of hydrogen-bond donors (Lipinski definition) is 1. The summed E-state index contributed by atoms with van der Waals surface area (Å²) in [4.78, 5) is 19.8. The molecule has 5 nitrogen and oxygen atoms in total. The first-order chi connectivity index (χ1) is 9.52. The van der Waals surface area contributed by atoms with Gasteiger partial charge >= 0.3 is 0 Å². The summed E-state index contributed by atoms with van der Waals surface area (Å²) < 4.78 is 5.78. The molecule has 2 rings (SSSR count). The van der Waals surface area contributed by atoms with Crippen molar-refractivity contribution in [3.05, 3.63) is 39.7 Å². The highest BCUT2D eigenvalue weighted by Gasteiger charge is 2.16. The Hall–Kier alpha value is -1.66. The van der Waals surface area contributed by atoms with Gasteiger partial charge < -0.3 is 10.5 Å². The van der Waals surface area contributed by atoms with E-state index in [1.807, 2.05) is 6.92 Å². The lowest BCUT2D eigenvalue weighted by atomic mass is 10.1. The first kappa shape index (κ1) is 14.7. The van der Waals surface area contributed by atoms with Crippen LogP contribution in [0.2, 0.25) is 5.15 Å². The quantitative estimate of drug-likeness (QED) is 0.854. The highest BCUT2D eigenvalue weighted by molar-refractivity contribution is 9.10. The smallest absolute Gasteiger partial charge is 0.268 e. The predicted molar refractivity (Wildman–Crippen MR) is 79.9 cm³/mol. The van der Waals surface area contributed by atoms with Gasteiger partial charge in [-0.2, -0.15) is 0 Å². The number of nitrogens with zero attached hydrogens (tertiary/aromatic N) is 2. The highest BCUT2D eigenvalue weighted by Crippen LogP contribution is 2.31. The Morgan fingerprint density at radius 2 is 2.00 bits per heavy atom. The zero-order valence-corrected chi connectivity index (χ0v) is 12.9. The number of ether oxygens (including phenoxy) is 1. The third kappa shape index (κ3) is 3.08. The van der Waals surface area contributed by atoms with E-state index in [4.69, 9.17) is 22.1 Å². The second-order valence-electron chi connectivity index (χ2n) is 3.82. The van der Waals surface area contributed by atoms with Crippen LogP contribution in [0.4, 0.5) is 0 Å². The summed E-state index contributed by atoms with van der Waals surface area (Å²) in [5, 5.41) is 0.347. The molecule has 0 spiro atoms. The van der Waals surface area contributed by atoms with Crippen LogP contribution in [-0.2, 0) is 0 Å². The topological polar surface area (TPSA) is 78.1 Å². The molecule has 104 valence electrons. The maximum Gasteiger partial charge on any atom is 0.268 e. The van der Waals surface area contributed by atoms with E-state index in [1.54, 1.807) is 24.3 Å². The summed E-state index contributed by atoms with van der Waals surface area (Å²) >= 11 is 9.11. The van der Waals surface area contributed by atoms with Gasteiger partial charge in [0.15, 0.2) is 0 Å². The van der Waals surface area contributed by atoms with Crippen LogP contribution in [0.25, 0.3) is 11.1 Å². The average Bonchev–Trinajstić information content (AvgIpc) is 2.39. The fraction of sp³-hybridized carbons (Fsp3) is 0.154. The summed E-state index contributed by atoms with van der Waals surface area (Å²) in [6.45, 7) is 2.29. The fourth-order valence-corrected chi connectivity index (χ4v) is 2.47.